The van der Waals surface area contributed by atoms with E-state index >= 15 is 0 Å². The molecule has 6 nitrogen and oxygen atoms in total. The van der Waals surface area contributed by atoms with E-state index in [1.807, 2.05) is 0 Å². The Morgan fingerprint density at radius 2 is 1.91 bits per heavy atom. The molecule has 0 saturated heterocycles. The number of hydrogen-bond donors (Lipinski definition) is 1. The van der Waals surface area contributed by atoms with Gasteiger partial charge >= 0.3 is 6.18 Å². The number of hydrogen-bond acceptors (Lipinski definition) is 5. The molecule has 170 valence electrons. The number of nitrogens with zero attached hydrogens (tertiary/aromatic N) is 3. The quantitative estimate of drug-likeness (QED) is 0.365. The standard InChI is InChI=1S/C23H19F3N4O2S/c1-32-18-9-7-17(8-10-18)28-20(31)13-30-21-19(6-3-11-27-21)29-22(30)33-14-15-4-2-5-16(12-15)23(24,25)26/h2-12H,13-14H2,1H3,(H,28,31). The molecule has 0 radical (unpaired) electrons. The molecule has 0 spiro atoms. The van der Waals surface area contributed by atoms with Crippen LogP contribution in [0.5, 0.6) is 5.75 Å². The Kier molecular flexibility index (Phi) is 6.55. The van der Waals surface area contributed by atoms with Crippen molar-refractivity contribution in [3.63, 3.8) is 0 Å². The van der Waals surface area contributed by atoms with Crippen molar-refractivity contribution in [1.82, 2.24) is 14.5 Å². The third-order valence-electron chi connectivity index (χ3n) is 4.77. The Hall–Kier alpha value is -3.53. The predicted molar refractivity (Wildman–Crippen MR) is 120 cm³/mol. The van der Waals surface area contributed by atoms with Gasteiger partial charge in [0.25, 0.3) is 0 Å². The lowest BCUT2D eigenvalue weighted by Crippen LogP contribution is -2.19. The normalized spacial score (nSPS) is 11.5. The number of benzene rings is 2. The summed E-state index contributed by atoms with van der Waals surface area (Å²) >= 11 is 1.25. The first kappa shape index (κ1) is 22.7. The Morgan fingerprint density at radius 1 is 1.12 bits per heavy atom. The number of aromatic nitrogens is 3. The molecule has 2 aromatic carbocycles. The number of carbonyl (C=O) groups is 1. The van der Waals surface area contributed by atoms with E-state index in [1.165, 1.54) is 17.8 Å². The summed E-state index contributed by atoms with van der Waals surface area (Å²) in [5, 5.41) is 3.31. The summed E-state index contributed by atoms with van der Waals surface area (Å²) in [6, 6.07) is 15.6. The van der Waals surface area contributed by atoms with E-state index in [4.69, 9.17) is 4.74 Å². The molecule has 0 fully saturated rings. The van der Waals surface area contributed by atoms with Crippen molar-refractivity contribution in [3.05, 3.63) is 78.0 Å². The lowest BCUT2D eigenvalue weighted by atomic mass is 10.1. The maximum absolute atomic E-state index is 13.0. The topological polar surface area (TPSA) is 69.0 Å². The number of imidazole rings is 1. The zero-order valence-electron chi connectivity index (χ0n) is 17.5. The zero-order valence-corrected chi connectivity index (χ0v) is 18.3. The maximum atomic E-state index is 13.0. The lowest BCUT2D eigenvalue weighted by Gasteiger charge is -2.11. The highest BCUT2D eigenvalue weighted by molar-refractivity contribution is 7.98. The van der Waals surface area contributed by atoms with Crippen molar-refractivity contribution < 1.29 is 22.7 Å². The van der Waals surface area contributed by atoms with Gasteiger partial charge in [-0.15, -0.1) is 0 Å². The molecule has 2 aromatic heterocycles. The van der Waals surface area contributed by atoms with Crippen LogP contribution in [0.1, 0.15) is 11.1 Å². The maximum Gasteiger partial charge on any atom is 0.416 e. The number of pyridine rings is 1. The first-order valence-electron chi connectivity index (χ1n) is 9.87. The average Bonchev–Trinajstić information content (AvgIpc) is 3.15. The third-order valence-corrected chi connectivity index (χ3v) is 5.81. The van der Waals surface area contributed by atoms with Crippen LogP contribution in [0.25, 0.3) is 11.2 Å². The van der Waals surface area contributed by atoms with Crippen LogP contribution < -0.4 is 10.1 Å². The van der Waals surface area contributed by atoms with Gasteiger partial charge in [-0.05, 0) is 48.0 Å². The largest absolute Gasteiger partial charge is 0.497 e. The summed E-state index contributed by atoms with van der Waals surface area (Å²) in [6.45, 7) is -0.0511. The van der Waals surface area contributed by atoms with Crippen molar-refractivity contribution in [2.75, 3.05) is 12.4 Å². The van der Waals surface area contributed by atoms with Gasteiger partial charge in [0.2, 0.25) is 5.91 Å². The van der Waals surface area contributed by atoms with Gasteiger partial charge in [0.15, 0.2) is 10.8 Å². The fourth-order valence-corrected chi connectivity index (χ4v) is 4.14. The molecule has 0 aliphatic rings. The number of carbonyl (C=O) groups excluding carboxylic acids is 1. The van der Waals surface area contributed by atoms with E-state index in [0.717, 1.165) is 12.1 Å². The van der Waals surface area contributed by atoms with Gasteiger partial charge in [-0.3, -0.25) is 9.36 Å². The van der Waals surface area contributed by atoms with E-state index < -0.39 is 11.7 Å². The van der Waals surface area contributed by atoms with Crippen LogP contribution in [0.15, 0.2) is 72.0 Å². The van der Waals surface area contributed by atoms with Gasteiger partial charge in [0, 0.05) is 17.6 Å². The Balaban J connectivity index is 1.53. The molecule has 1 amide bonds. The Bertz CT molecular complexity index is 1270. The first-order chi connectivity index (χ1) is 15.8. The lowest BCUT2D eigenvalue weighted by molar-refractivity contribution is -0.137. The van der Waals surface area contributed by atoms with Crippen LogP contribution in [0.4, 0.5) is 18.9 Å². The molecule has 2 heterocycles. The van der Waals surface area contributed by atoms with Crippen LogP contribution in [-0.4, -0.2) is 27.6 Å². The highest BCUT2D eigenvalue weighted by Crippen LogP contribution is 2.32. The number of anilines is 1. The number of nitrogens with one attached hydrogen (secondary N) is 1. The van der Waals surface area contributed by atoms with Gasteiger partial charge < -0.3 is 10.1 Å². The number of ether oxygens (including phenoxy) is 1. The Labute approximate surface area is 191 Å². The molecule has 0 bridgehead atoms. The summed E-state index contributed by atoms with van der Waals surface area (Å²) in [5.41, 5.74) is 1.53. The van der Waals surface area contributed by atoms with Gasteiger partial charge in [-0.25, -0.2) is 9.97 Å². The summed E-state index contributed by atoms with van der Waals surface area (Å²) in [4.78, 5) is 21.6. The van der Waals surface area contributed by atoms with E-state index in [0.29, 0.717) is 33.3 Å². The predicted octanol–water partition coefficient (Wildman–Crippen LogP) is 5.39. The first-order valence-corrected chi connectivity index (χ1v) is 10.9. The fraction of sp³-hybridized carbons (Fsp3) is 0.174. The molecular formula is C23H19F3N4O2S. The number of fused-ring (bicyclic) bond motifs is 1. The molecule has 4 aromatic rings. The minimum Gasteiger partial charge on any atom is -0.497 e. The van der Waals surface area contributed by atoms with Crippen molar-refractivity contribution >= 4 is 34.5 Å². The van der Waals surface area contributed by atoms with Crippen LogP contribution >= 0.6 is 11.8 Å². The minimum atomic E-state index is -4.41. The number of thioether (sulfide) groups is 1. The summed E-state index contributed by atoms with van der Waals surface area (Å²) < 4.78 is 45.8. The van der Waals surface area contributed by atoms with Crippen LogP contribution in [-0.2, 0) is 23.3 Å². The van der Waals surface area contributed by atoms with Gasteiger partial charge in [0.1, 0.15) is 17.8 Å². The van der Waals surface area contributed by atoms with E-state index in [1.54, 1.807) is 60.3 Å². The molecule has 1 N–H and O–H groups in total. The average molecular weight is 472 g/mol. The Morgan fingerprint density at radius 3 is 2.64 bits per heavy atom. The monoisotopic (exact) mass is 472 g/mol. The van der Waals surface area contributed by atoms with E-state index in [2.05, 4.69) is 15.3 Å². The van der Waals surface area contributed by atoms with Crippen LogP contribution in [0, 0.1) is 0 Å². The molecule has 0 aliphatic carbocycles. The highest BCUT2D eigenvalue weighted by Gasteiger charge is 2.30. The number of halogens is 3. The second-order valence-corrected chi connectivity index (χ2v) is 8.03. The van der Waals surface area contributed by atoms with Crippen LogP contribution in [0.3, 0.4) is 0 Å². The van der Waals surface area contributed by atoms with Gasteiger partial charge in [0.05, 0.1) is 12.7 Å². The second-order valence-electron chi connectivity index (χ2n) is 7.09. The van der Waals surface area contributed by atoms with E-state index in [9.17, 15) is 18.0 Å². The number of amides is 1. The zero-order chi connectivity index (χ0) is 23.4. The fourth-order valence-electron chi connectivity index (χ4n) is 3.19. The van der Waals surface area contributed by atoms with Crippen molar-refractivity contribution in [2.24, 2.45) is 0 Å². The summed E-state index contributed by atoms with van der Waals surface area (Å²) in [5.74, 6) is 0.644. The third kappa shape index (κ3) is 5.46. The molecule has 0 aliphatic heterocycles. The van der Waals surface area contributed by atoms with Crippen molar-refractivity contribution in [3.8, 4) is 5.75 Å². The second kappa shape index (κ2) is 9.53. The summed E-state index contributed by atoms with van der Waals surface area (Å²) in [7, 11) is 1.56. The van der Waals surface area contributed by atoms with Crippen molar-refractivity contribution in [1.29, 1.82) is 0 Å². The minimum absolute atomic E-state index is 0.0511. The van der Waals surface area contributed by atoms with Crippen LogP contribution in [0.2, 0.25) is 0 Å². The van der Waals surface area contributed by atoms with Gasteiger partial charge in [-0.2, -0.15) is 13.2 Å². The molecule has 10 heteroatoms. The molecular weight excluding hydrogens is 453 g/mol. The highest BCUT2D eigenvalue weighted by atomic mass is 32.2. The van der Waals surface area contributed by atoms with E-state index in [-0.39, 0.29) is 18.2 Å². The number of rotatable bonds is 7. The molecule has 0 unspecified atom stereocenters. The molecule has 0 atom stereocenters. The molecule has 4 rings (SSSR count). The number of alkyl halides is 3. The van der Waals surface area contributed by atoms with Crippen molar-refractivity contribution in [2.45, 2.75) is 23.6 Å². The summed E-state index contributed by atoms with van der Waals surface area (Å²) in [6.07, 6.45) is -2.81. The molecule has 0 saturated carbocycles. The van der Waals surface area contributed by atoms with Gasteiger partial charge in [-0.1, -0.05) is 30.0 Å². The SMILES string of the molecule is COc1ccc(NC(=O)Cn2c(SCc3cccc(C(F)(F)F)c3)nc3cccnc32)cc1. The number of methoxy groups -OCH3 is 1. The smallest absolute Gasteiger partial charge is 0.416 e. The molecule has 33 heavy (non-hydrogen) atoms.